The van der Waals surface area contributed by atoms with Gasteiger partial charge in [0.25, 0.3) is 5.69 Å². The van der Waals surface area contributed by atoms with E-state index in [0.717, 1.165) is 0 Å². The highest BCUT2D eigenvalue weighted by atomic mass is 16.6. The summed E-state index contributed by atoms with van der Waals surface area (Å²) in [6.07, 6.45) is 1.28. The minimum absolute atomic E-state index is 0.0729. The molecule has 2 amide bonds. The fourth-order valence-electron chi connectivity index (χ4n) is 1.41. The third-order valence-corrected chi connectivity index (χ3v) is 2.33. The Kier molecular flexibility index (Phi) is 3.58. The van der Waals surface area contributed by atoms with Crippen LogP contribution in [-0.4, -0.2) is 21.2 Å². The molecular formula is C11H8N6O3. The van der Waals surface area contributed by atoms with Crippen LogP contribution in [0.4, 0.5) is 22.0 Å². The normalized spacial score (nSPS) is 9.55. The van der Waals surface area contributed by atoms with Gasteiger partial charge >= 0.3 is 6.03 Å². The molecule has 0 saturated carbocycles. The molecule has 0 aliphatic rings. The number of non-ortho nitro benzene ring substituents is 1. The van der Waals surface area contributed by atoms with Crippen molar-refractivity contribution in [2.24, 2.45) is 0 Å². The number of nitrogens with zero attached hydrogens (tertiary/aromatic N) is 3. The molecule has 0 atom stereocenters. The SMILES string of the molecule is N#Cc1cn[nH]c1NC(=O)Nc1ccc([N+](=O)[O-])cc1. The fraction of sp³-hybridized carbons (Fsp3) is 0. The van der Waals surface area contributed by atoms with E-state index in [1.54, 1.807) is 0 Å². The first-order chi connectivity index (χ1) is 9.60. The number of aromatic amines is 1. The van der Waals surface area contributed by atoms with E-state index in [-0.39, 0.29) is 17.1 Å². The fourth-order valence-corrected chi connectivity index (χ4v) is 1.41. The summed E-state index contributed by atoms with van der Waals surface area (Å²) < 4.78 is 0. The van der Waals surface area contributed by atoms with Crippen LogP contribution in [0, 0.1) is 21.4 Å². The number of nitriles is 1. The van der Waals surface area contributed by atoms with Crippen molar-refractivity contribution in [2.45, 2.75) is 0 Å². The lowest BCUT2D eigenvalue weighted by atomic mass is 10.3. The molecule has 0 saturated heterocycles. The van der Waals surface area contributed by atoms with Crippen LogP contribution in [0.15, 0.2) is 30.5 Å². The third kappa shape index (κ3) is 2.88. The zero-order valence-electron chi connectivity index (χ0n) is 9.95. The number of carbonyl (C=O) groups excluding carboxylic acids is 1. The molecule has 2 aromatic rings. The van der Waals surface area contributed by atoms with Crippen molar-refractivity contribution in [3.63, 3.8) is 0 Å². The van der Waals surface area contributed by atoms with Crippen LogP contribution in [0.5, 0.6) is 0 Å². The average molecular weight is 272 g/mol. The second-order valence-electron chi connectivity index (χ2n) is 3.65. The number of aromatic nitrogens is 2. The highest BCUT2D eigenvalue weighted by molar-refractivity contribution is 5.99. The standard InChI is InChI=1S/C11H8N6O3/c12-5-7-6-13-16-10(7)15-11(18)14-8-1-3-9(4-2-8)17(19)20/h1-4,6H,(H3,13,14,15,16,18). The first kappa shape index (κ1) is 13.0. The molecule has 0 bridgehead atoms. The second-order valence-corrected chi connectivity index (χ2v) is 3.65. The average Bonchev–Trinajstić information content (AvgIpc) is 2.86. The van der Waals surface area contributed by atoms with E-state index in [4.69, 9.17) is 5.26 Å². The summed E-state index contributed by atoms with van der Waals surface area (Å²) in [7, 11) is 0. The van der Waals surface area contributed by atoms with E-state index in [2.05, 4.69) is 20.8 Å². The van der Waals surface area contributed by atoms with Gasteiger partial charge in [0, 0.05) is 17.8 Å². The number of urea groups is 1. The molecule has 2 rings (SSSR count). The molecule has 9 heteroatoms. The Hall–Kier alpha value is -3.41. The monoisotopic (exact) mass is 272 g/mol. The van der Waals surface area contributed by atoms with Crippen LogP contribution in [0.25, 0.3) is 0 Å². The maximum Gasteiger partial charge on any atom is 0.324 e. The van der Waals surface area contributed by atoms with Gasteiger partial charge in [0.2, 0.25) is 0 Å². The Morgan fingerprint density at radius 1 is 1.35 bits per heavy atom. The Morgan fingerprint density at radius 3 is 2.65 bits per heavy atom. The van der Waals surface area contributed by atoms with Crippen molar-refractivity contribution >= 4 is 23.2 Å². The van der Waals surface area contributed by atoms with E-state index in [1.807, 2.05) is 6.07 Å². The minimum Gasteiger partial charge on any atom is -0.308 e. The maximum atomic E-state index is 11.7. The summed E-state index contributed by atoms with van der Waals surface area (Å²) in [5.74, 6) is 0.173. The van der Waals surface area contributed by atoms with Crippen molar-refractivity contribution in [1.29, 1.82) is 5.26 Å². The minimum atomic E-state index is -0.598. The van der Waals surface area contributed by atoms with Gasteiger partial charge in [0.15, 0.2) is 0 Å². The van der Waals surface area contributed by atoms with Crippen LogP contribution >= 0.6 is 0 Å². The molecule has 0 fully saturated rings. The van der Waals surface area contributed by atoms with Crippen LogP contribution in [0.2, 0.25) is 0 Å². The molecule has 3 N–H and O–H groups in total. The number of nitro groups is 1. The Balaban J connectivity index is 2.01. The van der Waals surface area contributed by atoms with E-state index >= 15 is 0 Å². The number of H-pyrrole nitrogens is 1. The van der Waals surface area contributed by atoms with Crippen molar-refractivity contribution in [2.75, 3.05) is 10.6 Å². The van der Waals surface area contributed by atoms with Gasteiger partial charge in [-0.3, -0.25) is 20.5 Å². The van der Waals surface area contributed by atoms with Gasteiger partial charge in [-0.2, -0.15) is 10.4 Å². The van der Waals surface area contributed by atoms with Gasteiger partial charge in [-0.25, -0.2) is 4.79 Å². The van der Waals surface area contributed by atoms with E-state index in [9.17, 15) is 14.9 Å². The van der Waals surface area contributed by atoms with Crippen LogP contribution < -0.4 is 10.6 Å². The molecule has 0 aliphatic heterocycles. The topological polar surface area (TPSA) is 137 Å². The predicted molar refractivity (Wildman–Crippen MR) is 69.0 cm³/mol. The predicted octanol–water partition coefficient (Wildman–Crippen LogP) is 1.83. The first-order valence-electron chi connectivity index (χ1n) is 5.36. The molecule has 0 spiro atoms. The van der Waals surface area contributed by atoms with E-state index < -0.39 is 11.0 Å². The molecule has 1 heterocycles. The van der Waals surface area contributed by atoms with Gasteiger partial charge in [0.05, 0.1) is 11.1 Å². The molecule has 9 nitrogen and oxygen atoms in total. The highest BCUT2D eigenvalue weighted by Gasteiger charge is 2.09. The summed E-state index contributed by atoms with van der Waals surface area (Å²) >= 11 is 0. The summed E-state index contributed by atoms with van der Waals surface area (Å²) in [5, 5.41) is 30.2. The largest absolute Gasteiger partial charge is 0.324 e. The number of benzene rings is 1. The Bertz CT molecular complexity index is 685. The zero-order chi connectivity index (χ0) is 14.5. The zero-order valence-corrected chi connectivity index (χ0v) is 9.95. The van der Waals surface area contributed by atoms with Crippen LogP contribution in [-0.2, 0) is 0 Å². The van der Waals surface area contributed by atoms with Crippen molar-refractivity contribution in [3.8, 4) is 6.07 Å². The van der Waals surface area contributed by atoms with Crippen molar-refractivity contribution in [3.05, 3.63) is 46.1 Å². The lowest BCUT2D eigenvalue weighted by Crippen LogP contribution is -2.20. The number of hydrogen-bond acceptors (Lipinski definition) is 5. The number of anilines is 2. The second kappa shape index (κ2) is 5.49. The van der Waals surface area contributed by atoms with E-state index in [1.165, 1.54) is 30.5 Å². The number of rotatable bonds is 3. The van der Waals surface area contributed by atoms with Crippen molar-refractivity contribution in [1.82, 2.24) is 10.2 Å². The molecule has 0 radical (unpaired) electrons. The smallest absolute Gasteiger partial charge is 0.308 e. The van der Waals surface area contributed by atoms with E-state index in [0.29, 0.717) is 5.69 Å². The third-order valence-electron chi connectivity index (χ3n) is 2.33. The van der Waals surface area contributed by atoms with Gasteiger partial charge in [-0.05, 0) is 12.1 Å². The summed E-state index contributed by atoms with van der Waals surface area (Å²) in [4.78, 5) is 21.6. The number of hydrogen-bond donors (Lipinski definition) is 3. The molecule has 0 aliphatic carbocycles. The molecule has 1 aromatic carbocycles. The summed E-state index contributed by atoms with van der Waals surface area (Å²) in [6.45, 7) is 0. The molecule has 1 aromatic heterocycles. The molecule has 0 unspecified atom stereocenters. The Labute approximate surface area is 112 Å². The highest BCUT2D eigenvalue weighted by Crippen LogP contribution is 2.16. The summed E-state index contributed by atoms with van der Waals surface area (Å²) in [5.41, 5.74) is 0.506. The number of nitrogens with one attached hydrogen (secondary N) is 3. The first-order valence-corrected chi connectivity index (χ1v) is 5.36. The van der Waals surface area contributed by atoms with Crippen molar-refractivity contribution < 1.29 is 9.72 Å². The maximum absolute atomic E-state index is 11.7. The molecule has 20 heavy (non-hydrogen) atoms. The van der Waals surface area contributed by atoms with Gasteiger partial charge in [0.1, 0.15) is 17.5 Å². The van der Waals surface area contributed by atoms with Gasteiger partial charge in [-0.1, -0.05) is 0 Å². The number of amides is 2. The van der Waals surface area contributed by atoms with Gasteiger partial charge in [-0.15, -0.1) is 0 Å². The Morgan fingerprint density at radius 2 is 2.05 bits per heavy atom. The number of carbonyl (C=O) groups is 1. The van der Waals surface area contributed by atoms with Crippen LogP contribution in [0.1, 0.15) is 5.56 Å². The lowest BCUT2D eigenvalue weighted by molar-refractivity contribution is -0.384. The lowest BCUT2D eigenvalue weighted by Gasteiger charge is -2.05. The summed E-state index contributed by atoms with van der Waals surface area (Å²) in [6, 6.07) is 6.59. The molecular weight excluding hydrogens is 264 g/mol. The molecule has 100 valence electrons. The van der Waals surface area contributed by atoms with Crippen LogP contribution in [0.3, 0.4) is 0 Å². The quantitative estimate of drug-likeness (QED) is 0.578. The van der Waals surface area contributed by atoms with Gasteiger partial charge < -0.3 is 5.32 Å². The number of nitro benzene ring substituents is 1.